The maximum absolute atomic E-state index is 11.0. The monoisotopic (exact) mass is 250 g/mol. The fourth-order valence-electron chi connectivity index (χ4n) is 2.23. The summed E-state index contributed by atoms with van der Waals surface area (Å²) in [5.74, 6) is -1.16. The van der Waals surface area contributed by atoms with Crippen LogP contribution in [0.3, 0.4) is 0 Å². The van der Waals surface area contributed by atoms with Gasteiger partial charge in [0.1, 0.15) is 5.69 Å². The number of hydrogen-bond acceptors (Lipinski definition) is 4. The van der Waals surface area contributed by atoms with E-state index in [-0.39, 0.29) is 16.7 Å². The summed E-state index contributed by atoms with van der Waals surface area (Å²) in [5, 5.41) is 19.8. The van der Waals surface area contributed by atoms with Crippen LogP contribution in [0, 0.1) is 15.5 Å². The first-order valence-corrected chi connectivity index (χ1v) is 5.57. The Morgan fingerprint density at radius 2 is 2.06 bits per heavy atom. The minimum absolute atomic E-state index is 0.0646. The van der Waals surface area contributed by atoms with E-state index in [2.05, 4.69) is 13.8 Å². The number of nitrogens with zero attached hydrogens (tertiary/aromatic N) is 2. The van der Waals surface area contributed by atoms with Crippen molar-refractivity contribution in [3.63, 3.8) is 0 Å². The molecule has 0 atom stereocenters. The summed E-state index contributed by atoms with van der Waals surface area (Å²) in [6, 6.07) is 4.02. The first-order valence-electron chi connectivity index (χ1n) is 5.57. The van der Waals surface area contributed by atoms with Crippen molar-refractivity contribution in [3.8, 4) is 0 Å². The predicted octanol–water partition coefficient (Wildman–Crippen LogP) is 2.14. The minimum Gasteiger partial charge on any atom is -0.478 e. The Kier molecular flexibility index (Phi) is 2.73. The molecule has 6 heteroatoms. The number of carboxylic acids is 1. The Morgan fingerprint density at radius 1 is 1.44 bits per heavy atom. The van der Waals surface area contributed by atoms with Gasteiger partial charge in [0.2, 0.25) is 0 Å². The van der Waals surface area contributed by atoms with E-state index in [0.717, 1.165) is 19.2 Å². The summed E-state index contributed by atoms with van der Waals surface area (Å²) in [4.78, 5) is 23.2. The van der Waals surface area contributed by atoms with E-state index in [1.807, 2.05) is 4.90 Å². The van der Waals surface area contributed by atoms with Gasteiger partial charge in [-0.2, -0.15) is 0 Å². The van der Waals surface area contributed by atoms with E-state index in [0.29, 0.717) is 5.69 Å². The molecule has 1 fully saturated rings. The third-order valence-corrected chi connectivity index (χ3v) is 3.00. The summed E-state index contributed by atoms with van der Waals surface area (Å²) in [7, 11) is 0. The van der Waals surface area contributed by atoms with Crippen LogP contribution in [-0.4, -0.2) is 29.1 Å². The van der Waals surface area contributed by atoms with E-state index in [4.69, 9.17) is 5.11 Å². The molecule has 0 unspecified atom stereocenters. The van der Waals surface area contributed by atoms with Crippen molar-refractivity contribution in [2.24, 2.45) is 5.41 Å². The highest BCUT2D eigenvalue weighted by Gasteiger charge is 2.37. The molecule has 2 rings (SSSR count). The summed E-state index contributed by atoms with van der Waals surface area (Å²) in [5.41, 5.74) is 0.430. The number of carboxylic acid groups (broad SMARTS) is 1. The number of rotatable bonds is 3. The second kappa shape index (κ2) is 3.97. The quantitative estimate of drug-likeness (QED) is 0.656. The molecule has 0 bridgehead atoms. The standard InChI is InChI=1S/C12H14N2O4/c1-12(2)6-13(7-12)9-4-3-8(11(15)16)5-10(9)14(17)18/h3-5H,6-7H2,1-2H3,(H,15,16). The smallest absolute Gasteiger partial charge is 0.335 e. The largest absolute Gasteiger partial charge is 0.478 e. The summed E-state index contributed by atoms with van der Waals surface area (Å²) >= 11 is 0. The van der Waals surface area contributed by atoms with Crippen molar-refractivity contribution < 1.29 is 14.8 Å². The van der Waals surface area contributed by atoms with E-state index in [1.165, 1.54) is 12.1 Å². The fourth-order valence-corrected chi connectivity index (χ4v) is 2.23. The van der Waals surface area contributed by atoms with Gasteiger partial charge in [-0.15, -0.1) is 0 Å². The molecule has 0 amide bonds. The van der Waals surface area contributed by atoms with Crippen molar-refractivity contribution in [1.29, 1.82) is 0 Å². The summed E-state index contributed by atoms with van der Waals surface area (Å²) < 4.78 is 0. The molecule has 96 valence electrons. The Balaban J connectivity index is 2.36. The lowest BCUT2D eigenvalue weighted by Gasteiger charge is -2.47. The minimum atomic E-state index is -1.16. The van der Waals surface area contributed by atoms with Crippen LogP contribution in [0.4, 0.5) is 11.4 Å². The number of benzene rings is 1. The van der Waals surface area contributed by atoms with Crippen LogP contribution >= 0.6 is 0 Å². The third-order valence-electron chi connectivity index (χ3n) is 3.00. The zero-order valence-electron chi connectivity index (χ0n) is 10.2. The molecule has 0 spiro atoms. The average Bonchev–Trinajstić information content (AvgIpc) is 2.24. The maximum Gasteiger partial charge on any atom is 0.335 e. The number of nitro groups is 1. The molecule has 18 heavy (non-hydrogen) atoms. The zero-order valence-corrected chi connectivity index (χ0v) is 10.2. The molecule has 6 nitrogen and oxygen atoms in total. The lowest BCUT2D eigenvalue weighted by atomic mass is 9.84. The topological polar surface area (TPSA) is 83.7 Å². The molecule has 0 radical (unpaired) electrons. The Bertz CT molecular complexity index is 517. The van der Waals surface area contributed by atoms with Gasteiger partial charge in [-0.25, -0.2) is 4.79 Å². The van der Waals surface area contributed by atoms with Gasteiger partial charge in [0.05, 0.1) is 10.5 Å². The van der Waals surface area contributed by atoms with Gasteiger partial charge in [-0.1, -0.05) is 13.8 Å². The van der Waals surface area contributed by atoms with Gasteiger partial charge >= 0.3 is 5.97 Å². The van der Waals surface area contributed by atoms with Gasteiger partial charge in [-0.05, 0) is 17.5 Å². The molecule has 0 aliphatic carbocycles. The third kappa shape index (κ3) is 2.13. The van der Waals surface area contributed by atoms with Gasteiger partial charge < -0.3 is 10.0 Å². The van der Waals surface area contributed by atoms with Gasteiger partial charge in [0.15, 0.2) is 0 Å². The zero-order chi connectivity index (χ0) is 13.5. The van der Waals surface area contributed by atoms with E-state index >= 15 is 0 Å². The lowest BCUT2D eigenvalue weighted by Crippen LogP contribution is -2.53. The van der Waals surface area contributed by atoms with Crippen molar-refractivity contribution in [3.05, 3.63) is 33.9 Å². The number of hydrogen-bond donors (Lipinski definition) is 1. The fraction of sp³-hybridized carbons (Fsp3) is 0.417. The van der Waals surface area contributed by atoms with Crippen molar-refractivity contribution in [2.75, 3.05) is 18.0 Å². The highest BCUT2D eigenvalue weighted by molar-refractivity contribution is 5.90. The molecule has 1 heterocycles. The van der Waals surface area contributed by atoms with E-state index < -0.39 is 10.9 Å². The van der Waals surface area contributed by atoms with Crippen molar-refractivity contribution >= 4 is 17.3 Å². The van der Waals surface area contributed by atoms with Crippen LogP contribution in [0.25, 0.3) is 0 Å². The van der Waals surface area contributed by atoms with E-state index in [1.54, 1.807) is 0 Å². The van der Waals surface area contributed by atoms with Crippen molar-refractivity contribution in [1.82, 2.24) is 0 Å². The van der Waals surface area contributed by atoms with Gasteiger partial charge in [0, 0.05) is 19.2 Å². The highest BCUT2D eigenvalue weighted by atomic mass is 16.6. The predicted molar refractivity (Wildman–Crippen MR) is 66.0 cm³/mol. The highest BCUT2D eigenvalue weighted by Crippen LogP contribution is 2.38. The van der Waals surface area contributed by atoms with Crippen LogP contribution in [-0.2, 0) is 0 Å². The average molecular weight is 250 g/mol. The number of aromatic carboxylic acids is 1. The van der Waals surface area contributed by atoms with Crippen LogP contribution in [0.5, 0.6) is 0 Å². The molecule has 0 aromatic heterocycles. The van der Waals surface area contributed by atoms with Crippen molar-refractivity contribution in [2.45, 2.75) is 13.8 Å². The van der Waals surface area contributed by atoms with Crippen LogP contribution in [0.1, 0.15) is 24.2 Å². The lowest BCUT2D eigenvalue weighted by molar-refractivity contribution is -0.384. The SMILES string of the molecule is CC1(C)CN(c2ccc(C(=O)O)cc2[N+](=O)[O-])C1. The van der Waals surface area contributed by atoms with Gasteiger partial charge in [0.25, 0.3) is 5.69 Å². The number of nitro benzene ring substituents is 1. The summed E-state index contributed by atoms with van der Waals surface area (Å²) in [6.45, 7) is 5.64. The van der Waals surface area contributed by atoms with E-state index in [9.17, 15) is 14.9 Å². The number of anilines is 1. The molecule has 1 saturated heterocycles. The molecule has 0 saturated carbocycles. The van der Waals surface area contributed by atoms with Gasteiger partial charge in [-0.3, -0.25) is 10.1 Å². The van der Waals surface area contributed by atoms with Crippen LogP contribution in [0.2, 0.25) is 0 Å². The molecule has 1 aromatic carbocycles. The van der Waals surface area contributed by atoms with Crippen LogP contribution in [0.15, 0.2) is 18.2 Å². The normalized spacial score (nSPS) is 17.1. The molecule has 1 aromatic rings. The second-order valence-corrected chi connectivity index (χ2v) is 5.29. The Hall–Kier alpha value is -2.11. The summed E-state index contributed by atoms with van der Waals surface area (Å²) in [6.07, 6.45) is 0. The number of carbonyl (C=O) groups is 1. The Morgan fingerprint density at radius 3 is 2.50 bits per heavy atom. The molecular weight excluding hydrogens is 236 g/mol. The van der Waals surface area contributed by atoms with Crippen LogP contribution < -0.4 is 4.90 Å². The first kappa shape index (κ1) is 12.3. The Labute approximate surface area is 104 Å². The second-order valence-electron chi connectivity index (χ2n) is 5.29. The molecule has 1 N–H and O–H groups in total. The maximum atomic E-state index is 11.0. The molecular formula is C12H14N2O4. The molecule has 1 aliphatic heterocycles. The molecule has 1 aliphatic rings. The first-order chi connectivity index (χ1) is 8.30.